The molecule has 0 saturated carbocycles. The zero-order valence-corrected chi connectivity index (χ0v) is 39.1. The van der Waals surface area contributed by atoms with Crippen molar-refractivity contribution >= 4 is 44.7 Å². The number of hydrogen-bond acceptors (Lipinski definition) is 3. The lowest BCUT2D eigenvalue weighted by atomic mass is 9.12. The van der Waals surface area contributed by atoms with Gasteiger partial charge in [0.05, 0.1) is 49.9 Å². The number of benzene rings is 6. The van der Waals surface area contributed by atoms with Crippen molar-refractivity contribution in [3.63, 3.8) is 0 Å². The van der Waals surface area contributed by atoms with Crippen LogP contribution in [0.3, 0.4) is 0 Å². The van der Waals surface area contributed by atoms with Gasteiger partial charge in [0.15, 0.2) is 19.3 Å². The molecule has 7 rings (SSSR count). The van der Waals surface area contributed by atoms with Crippen molar-refractivity contribution in [3.8, 4) is 6.07 Å². The molecule has 7 aromatic rings. The average molecular weight is 1170 g/mol. The molecule has 0 fully saturated rings. The number of aromatic nitrogens is 1. The first-order valence-corrected chi connectivity index (χ1v) is 21.9. The van der Waals surface area contributed by atoms with Crippen LogP contribution in [0.25, 0.3) is 10.8 Å². The van der Waals surface area contributed by atoms with Gasteiger partial charge in [-0.05, 0) is 35.7 Å². The van der Waals surface area contributed by atoms with Gasteiger partial charge in [0.2, 0.25) is 0 Å². The van der Waals surface area contributed by atoms with E-state index in [9.17, 15) is 110 Å². The van der Waals surface area contributed by atoms with Crippen LogP contribution in [0.1, 0.15) is 60.6 Å². The summed E-state index contributed by atoms with van der Waals surface area (Å²) in [6.07, 6.45) is -52.9. The molecule has 0 atom stereocenters. The summed E-state index contributed by atoms with van der Waals surface area (Å²) in [6, 6.07) is 12.5. The highest BCUT2D eigenvalue weighted by atomic mass is 19.4. The van der Waals surface area contributed by atoms with Crippen LogP contribution in [-0.4, -0.2) is 18.7 Å². The molecule has 424 valence electrons. The minimum absolute atomic E-state index is 0.257. The Morgan fingerprint density at radius 2 is 0.700 bits per heavy atom. The second-order valence-electron chi connectivity index (χ2n) is 17.3. The fourth-order valence-electron chi connectivity index (χ4n) is 8.63. The highest BCUT2D eigenvalue weighted by molar-refractivity contribution is 7.20. The van der Waals surface area contributed by atoms with E-state index in [0.717, 1.165) is 16.3 Å². The molecule has 0 spiro atoms. The number of halogens is 24. The molecule has 80 heavy (non-hydrogen) atoms. The van der Waals surface area contributed by atoms with E-state index in [0.29, 0.717) is 12.2 Å². The summed E-state index contributed by atoms with van der Waals surface area (Å²) >= 11 is 0. The lowest BCUT2D eigenvalue weighted by Crippen LogP contribution is -2.75. The molecule has 1 aromatic heterocycles. The minimum atomic E-state index is -6.13. The van der Waals surface area contributed by atoms with Crippen LogP contribution in [0.4, 0.5) is 105 Å². The zero-order valence-electron chi connectivity index (χ0n) is 39.1. The molecule has 0 unspecified atom stereocenters. The summed E-state index contributed by atoms with van der Waals surface area (Å²) in [5.74, 6) is -0.487. The van der Waals surface area contributed by atoms with Crippen molar-refractivity contribution in [2.45, 2.75) is 56.0 Å². The van der Waals surface area contributed by atoms with Gasteiger partial charge in [-0.3, -0.25) is 0 Å². The van der Waals surface area contributed by atoms with Crippen molar-refractivity contribution in [1.82, 2.24) is 0 Å². The van der Waals surface area contributed by atoms with Crippen LogP contribution >= 0.6 is 0 Å². The van der Waals surface area contributed by atoms with Gasteiger partial charge in [-0.15, -0.1) is 0 Å². The molecule has 0 saturated heterocycles. The van der Waals surface area contributed by atoms with Crippen molar-refractivity contribution < 1.29 is 119 Å². The number of alkyl halides is 24. The van der Waals surface area contributed by atoms with Crippen LogP contribution in [-0.2, 0) is 60.7 Å². The third kappa shape index (κ3) is 13.7. The van der Waals surface area contributed by atoms with E-state index in [2.05, 4.69) is 0 Å². The Balaban J connectivity index is 0.000000370. The van der Waals surface area contributed by atoms with Gasteiger partial charge < -0.3 is 4.74 Å². The maximum atomic E-state index is 14.2. The van der Waals surface area contributed by atoms with Crippen molar-refractivity contribution in [2.24, 2.45) is 0 Å². The van der Waals surface area contributed by atoms with E-state index in [4.69, 9.17) is 10.00 Å². The predicted molar refractivity (Wildman–Crippen MR) is 236 cm³/mol. The zero-order chi connectivity index (χ0) is 60.0. The molecule has 0 amide bonds. The molecule has 6 aromatic carbocycles. The number of ether oxygens (including phenoxy) is 1. The Bertz CT molecular complexity index is 3020. The van der Waals surface area contributed by atoms with E-state index >= 15 is 0 Å². The maximum Gasteiger partial charge on any atom is 0.416 e. The van der Waals surface area contributed by atoms with Crippen LogP contribution in [0.2, 0.25) is 0 Å². The van der Waals surface area contributed by atoms with Gasteiger partial charge in [0.1, 0.15) is 12.2 Å². The molecule has 0 radical (unpaired) electrons. The lowest BCUT2D eigenvalue weighted by Gasteiger charge is -2.46. The quantitative estimate of drug-likeness (QED) is 0.0659. The van der Waals surface area contributed by atoms with Gasteiger partial charge >= 0.3 is 55.4 Å². The van der Waals surface area contributed by atoms with Crippen molar-refractivity contribution in [2.75, 3.05) is 6.61 Å². The van der Waals surface area contributed by atoms with Crippen LogP contribution in [0.15, 0.2) is 140 Å². The van der Waals surface area contributed by atoms with Gasteiger partial charge in [0.25, 0.3) is 5.69 Å². The summed E-state index contributed by atoms with van der Waals surface area (Å²) in [5, 5.41) is 10.4. The van der Waals surface area contributed by atoms with E-state index in [1.54, 1.807) is 0 Å². The van der Waals surface area contributed by atoms with Crippen LogP contribution < -0.4 is 26.4 Å². The Kier molecular flexibility index (Phi) is 16.6. The highest BCUT2D eigenvalue weighted by Crippen LogP contribution is 2.41. The molecule has 0 aliphatic heterocycles. The van der Waals surface area contributed by atoms with Gasteiger partial charge in [-0.25, -0.2) is 4.79 Å². The lowest BCUT2D eigenvalue weighted by molar-refractivity contribution is -0.689. The predicted octanol–water partition coefficient (Wildman–Crippen LogP) is 14.1. The average Bonchev–Trinajstić information content (AvgIpc) is 3.34. The smallest absolute Gasteiger partial charge is 0.416 e. The van der Waals surface area contributed by atoms with Crippen LogP contribution in [0, 0.1) is 11.3 Å². The SMILES string of the molecule is FC(F)(F)c1cc([B-](c2cc(C(F)(F)F)cc(C(F)(F)F)c2)(c2cc(C(F)(F)F)cc(C(F)(F)F)c2)c2cc(C(F)(F)F)cc(C(F)(F)F)c2)cc(C(F)(F)F)c1.N#CCOC(=O)c1c2ccccc2cc[n+]1Cc1ccccc1. The van der Waals surface area contributed by atoms with E-state index < -0.39 is 201 Å². The summed E-state index contributed by atoms with van der Waals surface area (Å²) in [7, 11) is 0. The minimum Gasteiger partial charge on any atom is -0.442 e. The number of nitriles is 1. The topological polar surface area (TPSA) is 54.0 Å². The Morgan fingerprint density at radius 3 is 0.988 bits per heavy atom. The number of carbonyl (C=O) groups excluding carboxylic acids is 1. The molecule has 0 aliphatic rings. The molecule has 0 aliphatic carbocycles. The normalized spacial score (nSPS) is 13.1. The third-order valence-corrected chi connectivity index (χ3v) is 12.0. The summed E-state index contributed by atoms with van der Waals surface area (Å²) in [5.41, 5.74) is -28.7. The van der Waals surface area contributed by atoms with Crippen LogP contribution in [0.5, 0.6) is 0 Å². The molecule has 0 bridgehead atoms. The first kappa shape index (κ1) is 61.3. The maximum absolute atomic E-state index is 14.2. The molecule has 4 nitrogen and oxygen atoms in total. The third-order valence-electron chi connectivity index (χ3n) is 12.0. The molecule has 0 N–H and O–H groups in total. The van der Waals surface area contributed by atoms with Gasteiger partial charge in [0, 0.05) is 11.6 Å². The second kappa shape index (κ2) is 21.6. The molecule has 29 heteroatoms. The fraction of sp³-hybridized carbons (Fsp3) is 0.196. The Hall–Kier alpha value is -7.93. The number of hydrogen-bond donors (Lipinski definition) is 0. The number of carbonyl (C=O) groups is 1. The Morgan fingerprint density at radius 1 is 0.412 bits per heavy atom. The number of pyridine rings is 1. The van der Waals surface area contributed by atoms with Crippen molar-refractivity contribution in [3.05, 3.63) is 195 Å². The number of fused-ring (bicyclic) bond motifs is 1. The molecule has 1 heterocycles. The van der Waals surface area contributed by atoms with Crippen molar-refractivity contribution in [1.29, 1.82) is 5.26 Å². The molecular formula is C51H27BF24N2O2. The Labute approximate surface area is 433 Å². The number of nitrogens with zero attached hydrogens (tertiary/aromatic N) is 2. The van der Waals surface area contributed by atoms with E-state index in [-0.39, 0.29) is 6.61 Å². The molecular weight excluding hydrogens is 1140 g/mol. The highest BCUT2D eigenvalue weighted by Gasteiger charge is 2.47. The monoisotopic (exact) mass is 1170 g/mol. The summed E-state index contributed by atoms with van der Waals surface area (Å²) < 4.78 is 348. The number of esters is 1. The van der Waals surface area contributed by atoms with Gasteiger partial charge in [-0.1, -0.05) is 97.1 Å². The standard InChI is InChI=1S/C32H12BF24.C19H15N2O2/c34-25(35,36)13-1-14(26(37,38)39)6-21(5-13)33(22-7-15(27(40,41)42)2-16(8-22)28(43,44)45,23-9-17(29(46,47)48)3-18(10-23)30(49,50)51)24-11-19(31(52,53)54)4-20(12-24)32(55,56)57;20-11-13-23-19(22)18-17-9-5-4-8-16(17)10-12-21(18)14-15-6-2-1-3-7-15/h1-12H;1-10,12H,13-14H2/q-1;+1. The fourth-order valence-corrected chi connectivity index (χ4v) is 8.63. The van der Waals surface area contributed by atoms with E-state index in [1.807, 2.05) is 77.5 Å². The summed E-state index contributed by atoms with van der Waals surface area (Å²) in [6.45, 7) is 0.302. The largest absolute Gasteiger partial charge is 0.442 e. The van der Waals surface area contributed by atoms with Gasteiger partial charge in [-0.2, -0.15) is 137 Å². The first-order valence-electron chi connectivity index (χ1n) is 21.9. The second-order valence-corrected chi connectivity index (χ2v) is 17.3. The van der Waals surface area contributed by atoms with E-state index in [1.165, 1.54) is 0 Å². The first-order chi connectivity index (χ1) is 36.6. The summed E-state index contributed by atoms with van der Waals surface area (Å²) in [4.78, 5) is 12.4. The number of rotatable bonds is 8.